The number of unbranched alkanes of at least 4 members (excludes halogenated alkanes) is 51. The molecule has 0 rings (SSSR count). The minimum absolute atomic E-state index is 0.00216. The van der Waals surface area contributed by atoms with Crippen molar-refractivity contribution >= 4 is 11.9 Å². The fourth-order valence-corrected chi connectivity index (χ4v) is 10.7. The van der Waals surface area contributed by atoms with E-state index in [-0.39, 0.29) is 18.5 Å². The van der Waals surface area contributed by atoms with Gasteiger partial charge in [0.25, 0.3) is 0 Å². The van der Waals surface area contributed by atoms with Crippen LogP contribution in [-0.2, 0) is 14.3 Å². The summed E-state index contributed by atoms with van der Waals surface area (Å²) >= 11 is 0. The van der Waals surface area contributed by atoms with Crippen LogP contribution in [0.4, 0.5) is 0 Å². The Bertz CT molecular complexity index is 1170. The number of carbonyl (C=O) groups is 2. The predicted molar refractivity (Wildman–Crippen MR) is 329 cm³/mol. The summed E-state index contributed by atoms with van der Waals surface area (Å²) in [6, 6.07) is -0.638. The van der Waals surface area contributed by atoms with Gasteiger partial charge in [-0.2, -0.15) is 0 Å². The maximum atomic E-state index is 12.5. The predicted octanol–water partition coefficient (Wildman–Crippen LogP) is 21.8. The number of aliphatic hydroxyl groups excluding tert-OH is 2. The Morgan fingerprint density at radius 1 is 0.360 bits per heavy atom. The molecule has 6 nitrogen and oxygen atoms in total. The van der Waals surface area contributed by atoms with Crippen molar-refractivity contribution in [1.82, 2.24) is 5.32 Å². The van der Waals surface area contributed by atoms with E-state index in [0.717, 1.165) is 57.8 Å². The summed E-state index contributed by atoms with van der Waals surface area (Å²) in [4.78, 5) is 24.6. The first-order valence-electron chi connectivity index (χ1n) is 34.1. The molecule has 0 spiro atoms. The second-order valence-electron chi connectivity index (χ2n) is 23.5. The zero-order valence-electron chi connectivity index (χ0n) is 50.8. The second-order valence-corrected chi connectivity index (χ2v) is 23.5. The van der Waals surface area contributed by atoms with Gasteiger partial charge in [-0.3, -0.25) is 9.59 Å². The first-order valence-corrected chi connectivity index (χ1v) is 34.1. The smallest absolute Gasteiger partial charge is 0.305 e. The maximum absolute atomic E-state index is 12.5. The van der Waals surface area contributed by atoms with Crippen LogP contribution in [0.1, 0.15) is 380 Å². The van der Waals surface area contributed by atoms with E-state index in [4.69, 9.17) is 4.74 Å². The van der Waals surface area contributed by atoms with Crippen molar-refractivity contribution < 1.29 is 24.5 Å². The van der Waals surface area contributed by atoms with Gasteiger partial charge in [-0.05, 0) is 57.8 Å². The van der Waals surface area contributed by atoms with Crippen molar-refractivity contribution in [2.75, 3.05) is 13.2 Å². The zero-order valence-corrected chi connectivity index (χ0v) is 50.8. The topological polar surface area (TPSA) is 95.9 Å². The molecular weight excluding hydrogens is 923 g/mol. The molecule has 0 aliphatic rings. The monoisotopic (exact) mass is 1060 g/mol. The highest BCUT2D eigenvalue weighted by Gasteiger charge is 2.18. The molecule has 0 aromatic carbocycles. The Morgan fingerprint density at radius 3 is 0.947 bits per heavy atom. The van der Waals surface area contributed by atoms with Gasteiger partial charge in [0.05, 0.1) is 25.4 Å². The molecule has 0 aliphatic carbocycles. The molecule has 3 N–H and O–H groups in total. The van der Waals surface area contributed by atoms with Gasteiger partial charge in [-0.15, -0.1) is 0 Å². The van der Waals surface area contributed by atoms with Crippen LogP contribution in [0.3, 0.4) is 0 Å². The lowest BCUT2D eigenvalue weighted by Gasteiger charge is -2.20. The van der Waals surface area contributed by atoms with Gasteiger partial charge < -0.3 is 20.3 Å². The molecule has 0 fully saturated rings. The van der Waals surface area contributed by atoms with E-state index in [1.54, 1.807) is 6.08 Å². The lowest BCUT2D eigenvalue weighted by atomic mass is 10.0. The molecule has 0 radical (unpaired) electrons. The molecule has 0 saturated carbocycles. The third-order valence-corrected chi connectivity index (χ3v) is 16.0. The quantitative estimate of drug-likeness (QED) is 0.0320. The number of nitrogens with one attached hydrogen (secondary N) is 1. The Hall–Kier alpha value is -1.66. The fourth-order valence-electron chi connectivity index (χ4n) is 10.7. The van der Waals surface area contributed by atoms with E-state index in [2.05, 4.69) is 31.3 Å². The van der Waals surface area contributed by atoms with Crippen LogP contribution in [0.5, 0.6) is 0 Å². The van der Waals surface area contributed by atoms with Gasteiger partial charge in [-0.25, -0.2) is 0 Å². The van der Waals surface area contributed by atoms with Gasteiger partial charge in [0.1, 0.15) is 0 Å². The molecule has 2 atom stereocenters. The third-order valence-electron chi connectivity index (χ3n) is 16.0. The standard InChI is InChI=1S/C69H133NO5/c1-3-5-7-9-11-13-15-17-19-21-22-23-24-25-26-27-30-33-37-41-45-49-53-57-61-67(72)66(65-71)70-68(73)62-58-54-50-46-42-38-34-31-28-32-36-40-44-48-52-56-60-64-75-69(74)63-59-55-51-47-43-39-35-29-20-18-16-14-12-10-8-6-4-2/h28,32,57,61,66-67,71-72H,3-27,29-31,33-56,58-60,62-65H2,1-2H3,(H,70,73)/b32-28-,61-57+. The Labute approximate surface area is 469 Å². The van der Waals surface area contributed by atoms with Gasteiger partial charge >= 0.3 is 5.97 Å². The second kappa shape index (κ2) is 64.9. The van der Waals surface area contributed by atoms with Crippen molar-refractivity contribution in [3.8, 4) is 0 Å². The average Bonchev–Trinajstić information content (AvgIpc) is 3.41. The highest BCUT2D eigenvalue weighted by atomic mass is 16.5. The third kappa shape index (κ3) is 61.4. The maximum Gasteiger partial charge on any atom is 0.305 e. The van der Waals surface area contributed by atoms with E-state index < -0.39 is 12.1 Å². The van der Waals surface area contributed by atoms with Crippen LogP contribution in [0.15, 0.2) is 24.3 Å². The summed E-state index contributed by atoms with van der Waals surface area (Å²) in [5, 5.41) is 23.2. The summed E-state index contributed by atoms with van der Waals surface area (Å²) in [6.07, 6.45) is 80.9. The number of hydrogen-bond donors (Lipinski definition) is 3. The molecule has 2 unspecified atom stereocenters. The number of esters is 1. The first kappa shape index (κ1) is 73.3. The van der Waals surface area contributed by atoms with Crippen molar-refractivity contribution in [2.24, 2.45) is 0 Å². The van der Waals surface area contributed by atoms with Crippen molar-refractivity contribution in [3.63, 3.8) is 0 Å². The van der Waals surface area contributed by atoms with Crippen molar-refractivity contribution in [3.05, 3.63) is 24.3 Å². The summed E-state index contributed by atoms with van der Waals surface area (Å²) in [5.74, 6) is -0.0736. The van der Waals surface area contributed by atoms with Gasteiger partial charge in [-0.1, -0.05) is 334 Å². The molecule has 6 heteroatoms. The fraction of sp³-hybridized carbons (Fsp3) is 0.913. The minimum Gasteiger partial charge on any atom is -0.466 e. The van der Waals surface area contributed by atoms with E-state index in [0.29, 0.717) is 19.4 Å². The Balaban J connectivity index is 3.46. The molecule has 1 amide bonds. The van der Waals surface area contributed by atoms with Gasteiger partial charge in [0, 0.05) is 12.8 Å². The molecule has 0 bridgehead atoms. The average molecular weight is 1060 g/mol. The number of amides is 1. The van der Waals surface area contributed by atoms with Crippen LogP contribution in [0.25, 0.3) is 0 Å². The Morgan fingerprint density at radius 2 is 0.627 bits per heavy atom. The van der Waals surface area contributed by atoms with Crippen LogP contribution in [-0.4, -0.2) is 47.4 Å². The van der Waals surface area contributed by atoms with E-state index in [1.165, 1.54) is 295 Å². The zero-order chi connectivity index (χ0) is 54.3. The molecule has 0 aromatic rings. The summed E-state index contributed by atoms with van der Waals surface area (Å²) in [5.41, 5.74) is 0. The highest BCUT2D eigenvalue weighted by Crippen LogP contribution is 2.18. The number of allylic oxidation sites excluding steroid dienone is 3. The SMILES string of the molecule is CCCCCCCCCCCCCCCCCCCCCCCC/C=C/C(O)C(CO)NC(=O)CCCCCCCCC/C=C\CCCCCCCCOC(=O)CCCCCCCCCCCCCCCCCCC. The van der Waals surface area contributed by atoms with E-state index in [9.17, 15) is 19.8 Å². The minimum atomic E-state index is -0.854. The lowest BCUT2D eigenvalue weighted by Crippen LogP contribution is -2.45. The Kier molecular flexibility index (Phi) is 63.4. The molecular formula is C69H133NO5. The van der Waals surface area contributed by atoms with Crippen LogP contribution in [0, 0.1) is 0 Å². The van der Waals surface area contributed by atoms with Gasteiger partial charge in [0.2, 0.25) is 5.91 Å². The number of ether oxygens (including phenoxy) is 1. The van der Waals surface area contributed by atoms with Crippen LogP contribution < -0.4 is 5.32 Å². The molecule has 0 saturated heterocycles. The normalized spacial score (nSPS) is 12.6. The molecule has 444 valence electrons. The number of hydrogen-bond acceptors (Lipinski definition) is 5. The summed E-state index contributed by atoms with van der Waals surface area (Å²) in [7, 11) is 0. The van der Waals surface area contributed by atoms with E-state index in [1.807, 2.05) is 6.08 Å². The van der Waals surface area contributed by atoms with E-state index >= 15 is 0 Å². The number of carbonyl (C=O) groups excluding carboxylic acids is 2. The largest absolute Gasteiger partial charge is 0.466 e. The van der Waals surface area contributed by atoms with Crippen molar-refractivity contribution in [2.45, 2.75) is 392 Å². The first-order chi connectivity index (χ1) is 37.0. The summed E-state index contributed by atoms with van der Waals surface area (Å²) < 4.78 is 5.49. The van der Waals surface area contributed by atoms with Gasteiger partial charge in [0.15, 0.2) is 0 Å². The van der Waals surface area contributed by atoms with Crippen LogP contribution >= 0.6 is 0 Å². The molecule has 0 heterocycles. The number of rotatable bonds is 64. The molecule has 0 aliphatic heterocycles. The van der Waals surface area contributed by atoms with Crippen molar-refractivity contribution in [1.29, 1.82) is 0 Å². The highest BCUT2D eigenvalue weighted by molar-refractivity contribution is 5.76. The summed E-state index contributed by atoms with van der Waals surface area (Å²) in [6.45, 7) is 4.92. The molecule has 0 aromatic heterocycles. The lowest BCUT2D eigenvalue weighted by molar-refractivity contribution is -0.143. The van der Waals surface area contributed by atoms with Crippen LogP contribution in [0.2, 0.25) is 0 Å². The number of aliphatic hydroxyl groups is 2. The molecule has 75 heavy (non-hydrogen) atoms.